The SMILES string of the molecule is CCC1CCN(c2oc(-c3ccc(Cl)cc3)nc2S(=O)(=O)c2ccc(Br)cc2)CC1. The Morgan fingerprint density at radius 3 is 2.33 bits per heavy atom. The Kier molecular flexibility index (Phi) is 6.23. The lowest BCUT2D eigenvalue weighted by molar-refractivity contribution is 0.380. The molecule has 1 aliphatic rings. The summed E-state index contributed by atoms with van der Waals surface area (Å²) in [6.07, 6.45) is 3.14. The molecule has 0 atom stereocenters. The van der Waals surface area contributed by atoms with Crippen LogP contribution >= 0.6 is 27.5 Å². The molecule has 1 fully saturated rings. The van der Waals surface area contributed by atoms with Gasteiger partial charge in [0.2, 0.25) is 26.6 Å². The lowest BCUT2D eigenvalue weighted by Gasteiger charge is -2.31. The first kappa shape index (κ1) is 21.4. The Balaban J connectivity index is 1.79. The van der Waals surface area contributed by atoms with Crippen LogP contribution in [-0.2, 0) is 9.84 Å². The number of hydrogen-bond donors (Lipinski definition) is 0. The maximum atomic E-state index is 13.4. The summed E-state index contributed by atoms with van der Waals surface area (Å²) in [7, 11) is -3.84. The topological polar surface area (TPSA) is 63.4 Å². The van der Waals surface area contributed by atoms with E-state index in [4.69, 9.17) is 16.0 Å². The van der Waals surface area contributed by atoms with E-state index in [9.17, 15) is 8.42 Å². The number of hydrogen-bond acceptors (Lipinski definition) is 5. The summed E-state index contributed by atoms with van der Waals surface area (Å²) in [4.78, 5) is 6.63. The second-order valence-electron chi connectivity index (χ2n) is 7.43. The van der Waals surface area contributed by atoms with Gasteiger partial charge in [-0.1, -0.05) is 40.9 Å². The number of sulfone groups is 1. The summed E-state index contributed by atoms with van der Waals surface area (Å²) in [5.41, 5.74) is 0.682. The van der Waals surface area contributed by atoms with Gasteiger partial charge in [0.15, 0.2) is 0 Å². The number of halogens is 2. The Morgan fingerprint density at radius 2 is 1.73 bits per heavy atom. The summed E-state index contributed by atoms with van der Waals surface area (Å²) < 4.78 is 33.8. The molecule has 0 spiro atoms. The van der Waals surface area contributed by atoms with Gasteiger partial charge in [-0.2, -0.15) is 4.98 Å². The van der Waals surface area contributed by atoms with Gasteiger partial charge in [-0.15, -0.1) is 0 Å². The van der Waals surface area contributed by atoms with Crippen molar-refractivity contribution in [3.05, 3.63) is 58.0 Å². The van der Waals surface area contributed by atoms with Crippen molar-refractivity contribution in [3.63, 3.8) is 0 Å². The first-order valence-electron chi connectivity index (χ1n) is 9.91. The molecule has 0 saturated carbocycles. The van der Waals surface area contributed by atoms with Crippen molar-refractivity contribution < 1.29 is 12.8 Å². The fourth-order valence-electron chi connectivity index (χ4n) is 3.66. The third kappa shape index (κ3) is 4.29. The van der Waals surface area contributed by atoms with Gasteiger partial charge in [0.25, 0.3) is 0 Å². The second kappa shape index (κ2) is 8.73. The number of piperidine rings is 1. The quantitative estimate of drug-likeness (QED) is 0.409. The van der Waals surface area contributed by atoms with Gasteiger partial charge >= 0.3 is 0 Å². The zero-order valence-electron chi connectivity index (χ0n) is 16.5. The highest BCUT2D eigenvalue weighted by Crippen LogP contribution is 2.37. The largest absolute Gasteiger partial charge is 0.419 e. The molecule has 0 radical (unpaired) electrons. The normalized spacial score (nSPS) is 15.5. The summed E-state index contributed by atoms with van der Waals surface area (Å²) in [6, 6.07) is 13.6. The Labute approximate surface area is 190 Å². The van der Waals surface area contributed by atoms with Crippen molar-refractivity contribution in [1.82, 2.24) is 4.98 Å². The van der Waals surface area contributed by atoms with Crippen molar-refractivity contribution >= 4 is 43.3 Å². The Bertz CT molecular complexity index is 1120. The van der Waals surface area contributed by atoms with E-state index in [-0.39, 0.29) is 15.8 Å². The maximum Gasteiger partial charge on any atom is 0.236 e. The third-order valence-electron chi connectivity index (χ3n) is 5.53. The number of anilines is 1. The van der Waals surface area contributed by atoms with Crippen molar-refractivity contribution in [3.8, 4) is 11.5 Å². The van der Waals surface area contributed by atoms with Crippen LogP contribution in [-0.4, -0.2) is 26.5 Å². The van der Waals surface area contributed by atoms with E-state index in [1.807, 2.05) is 4.90 Å². The van der Waals surface area contributed by atoms with Crippen molar-refractivity contribution in [2.75, 3.05) is 18.0 Å². The molecule has 1 saturated heterocycles. The minimum atomic E-state index is -3.84. The molecule has 4 rings (SSSR count). The smallest absolute Gasteiger partial charge is 0.236 e. The highest BCUT2D eigenvalue weighted by Gasteiger charge is 2.33. The standard InChI is InChI=1S/C22H22BrClN2O3S/c1-2-15-11-13-26(14-12-15)22-21(30(27,28)19-9-5-17(23)6-10-19)25-20(29-22)16-3-7-18(24)8-4-16/h3-10,15H,2,11-14H2,1H3. The monoisotopic (exact) mass is 508 g/mol. The second-order valence-corrected chi connectivity index (χ2v) is 10.6. The van der Waals surface area contributed by atoms with Crippen LogP contribution in [0.1, 0.15) is 26.2 Å². The fraction of sp³-hybridized carbons (Fsp3) is 0.318. The van der Waals surface area contributed by atoms with Gasteiger partial charge < -0.3 is 9.32 Å². The molecule has 0 unspecified atom stereocenters. The third-order valence-corrected chi connectivity index (χ3v) is 7.98. The molecule has 1 aromatic heterocycles. The van der Waals surface area contributed by atoms with Gasteiger partial charge in [-0.05, 0) is 67.3 Å². The van der Waals surface area contributed by atoms with E-state index in [1.165, 1.54) is 0 Å². The van der Waals surface area contributed by atoms with Crippen LogP contribution in [0, 0.1) is 5.92 Å². The average Bonchev–Trinajstić information content (AvgIpc) is 3.21. The Hall–Kier alpha value is -1.83. The number of nitrogens with zero attached hydrogens (tertiary/aromatic N) is 2. The van der Waals surface area contributed by atoms with E-state index in [0.29, 0.717) is 22.4 Å². The zero-order valence-corrected chi connectivity index (χ0v) is 19.7. The lowest BCUT2D eigenvalue weighted by atomic mass is 9.95. The summed E-state index contributed by atoms with van der Waals surface area (Å²) >= 11 is 9.34. The van der Waals surface area contributed by atoms with Crippen LogP contribution in [0.4, 0.5) is 5.88 Å². The number of aromatic nitrogens is 1. The highest BCUT2D eigenvalue weighted by atomic mass is 79.9. The van der Waals surface area contributed by atoms with Gasteiger partial charge in [0, 0.05) is 28.1 Å². The molecule has 3 aromatic rings. The van der Waals surface area contributed by atoms with E-state index in [2.05, 4.69) is 27.8 Å². The van der Waals surface area contributed by atoms with Crippen LogP contribution in [0.3, 0.4) is 0 Å². The van der Waals surface area contributed by atoms with Crippen LogP contribution in [0.2, 0.25) is 5.02 Å². The molecule has 0 aliphatic carbocycles. The van der Waals surface area contributed by atoms with E-state index < -0.39 is 9.84 Å². The van der Waals surface area contributed by atoms with Crippen molar-refractivity contribution in [2.45, 2.75) is 36.1 Å². The van der Waals surface area contributed by atoms with Crippen molar-refractivity contribution in [1.29, 1.82) is 0 Å². The summed E-state index contributed by atoms with van der Waals surface area (Å²) in [5, 5.41) is 0.555. The predicted octanol–water partition coefficient (Wildman–Crippen LogP) is 6.22. The van der Waals surface area contributed by atoms with Gasteiger partial charge in [-0.3, -0.25) is 0 Å². The first-order valence-corrected chi connectivity index (χ1v) is 12.6. The molecule has 158 valence electrons. The maximum absolute atomic E-state index is 13.4. The van der Waals surface area contributed by atoms with Crippen molar-refractivity contribution in [2.24, 2.45) is 5.92 Å². The molecule has 0 bridgehead atoms. The molecule has 0 amide bonds. The van der Waals surface area contributed by atoms with Gasteiger partial charge in [-0.25, -0.2) is 8.42 Å². The summed E-state index contributed by atoms with van der Waals surface area (Å²) in [5.74, 6) is 1.25. The molecular weight excluding hydrogens is 488 g/mol. The molecule has 2 heterocycles. The highest BCUT2D eigenvalue weighted by molar-refractivity contribution is 9.10. The molecular formula is C22H22BrClN2O3S. The Morgan fingerprint density at radius 1 is 1.10 bits per heavy atom. The molecule has 2 aromatic carbocycles. The number of oxazole rings is 1. The van der Waals surface area contributed by atoms with Crippen LogP contribution in [0.25, 0.3) is 11.5 Å². The first-order chi connectivity index (χ1) is 14.4. The molecule has 5 nitrogen and oxygen atoms in total. The minimum Gasteiger partial charge on any atom is -0.419 e. The molecule has 1 aliphatic heterocycles. The van der Waals surface area contributed by atoms with Crippen LogP contribution in [0.15, 0.2) is 67.3 Å². The average molecular weight is 510 g/mol. The fourth-order valence-corrected chi connectivity index (χ4v) is 5.37. The van der Waals surface area contributed by atoms with Gasteiger partial charge in [0.05, 0.1) is 4.90 Å². The van der Waals surface area contributed by atoms with Gasteiger partial charge in [0.1, 0.15) is 0 Å². The van der Waals surface area contributed by atoms with E-state index in [1.54, 1.807) is 48.5 Å². The molecule has 8 heteroatoms. The lowest BCUT2D eigenvalue weighted by Crippen LogP contribution is -2.34. The van der Waals surface area contributed by atoms with Crippen LogP contribution < -0.4 is 4.90 Å². The van der Waals surface area contributed by atoms with E-state index in [0.717, 1.165) is 36.8 Å². The van der Waals surface area contributed by atoms with E-state index >= 15 is 0 Å². The zero-order chi connectivity index (χ0) is 21.3. The van der Waals surface area contributed by atoms with Crippen LogP contribution in [0.5, 0.6) is 0 Å². The summed E-state index contributed by atoms with van der Waals surface area (Å²) in [6.45, 7) is 3.68. The predicted molar refractivity (Wildman–Crippen MR) is 122 cm³/mol. The number of rotatable bonds is 5. The molecule has 0 N–H and O–H groups in total. The minimum absolute atomic E-state index is 0.0373. The number of benzene rings is 2. The molecule has 30 heavy (non-hydrogen) atoms.